The maximum atomic E-state index is 11.5. The Morgan fingerprint density at radius 2 is 1.95 bits per heavy atom. The molecule has 2 aromatic rings. The number of aromatic nitrogens is 2. The maximum Gasteiger partial charge on any atom is 0.271 e. The van der Waals surface area contributed by atoms with Gasteiger partial charge in [0.15, 0.2) is 5.82 Å². The van der Waals surface area contributed by atoms with E-state index in [1.165, 1.54) is 18.5 Å². The van der Waals surface area contributed by atoms with Gasteiger partial charge in [-0.2, -0.15) is 0 Å². The Balaban J connectivity index is 2.33. The number of hydrogen-bond acceptors (Lipinski definition) is 7. The first kappa shape index (κ1) is 14.8. The molecular weight excluding hydrogens is 300 g/mol. The topological polar surface area (TPSA) is 138 Å². The molecule has 9 nitrogen and oxygen atoms in total. The van der Waals surface area contributed by atoms with Crippen LogP contribution in [-0.2, 0) is 16.6 Å². The van der Waals surface area contributed by atoms with Crippen LogP contribution < -0.4 is 9.88 Å². The molecule has 10 heteroatoms. The molecule has 0 saturated carbocycles. The van der Waals surface area contributed by atoms with Crippen LogP contribution >= 0.6 is 0 Å². The fourth-order valence-electron chi connectivity index (χ4n) is 1.50. The van der Waals surface area contributed by atoms with Crippen LogP contribution in [0.4, 0.5) is 5.69 Å². The molecule has 2 N–H and O–H groups in total. The van der Waals surface area contributed by atoms with E-state index in [-0.39, 0.29) is 12.4 Å². The molecule has 0 saturated heterocycles. The molecule has 21 heavy (non-hydrogen) atoms. The number of rotatable bonds is 5. The molecule has 0 bridgehead atoms. The van der Waals surface area contributed by atoms with Crippen molar-refractivity contribution in [2.75, 3.05) is 0 Å². The molecule has 0 atom stereocenters. The molecule has 0 amide bonds. The predicted molar refractivity (Wildman–Crippen MR) is 70.8 cm³/mol. The predicted octanol–water partition coefficient (Wildman–Crippen LogP) is 0.611. The van der Waals surface area contributed by atoms with Crippen LogP contribution in [-0.4, -0.2) is 23.3 Å². The SMILES string of the molecule is NS(=O)(=O)c1cc([N+](=O)[O-])ccc1OCc1ncccn1. The number of nitro groups is 1. The minimum Gasteiger partial charge on any atom is -0.484 e. The summed E-state index contributed by atoms with van der Waals surface area (Å²) in [6.07, 6.45) is 3.00. The Kier molecular flexibility index (Phi) is 4.10. The zero-order valence-corrected chi connectivity index (χ0v) is 11.4. The Morgan fingerprint density at radius 3 is 2.52 bits per heavy atom. The smallest absolute Gasteiger partial charge is 0.271 e. The Morgan fingerprint density at radius 1 is 1.29 bits per heavy atom. The summed E-state index contributed by atoms with van der Waals surface area (Å²) >= 11 is 0. The molecule has 0 unspecified atom stereocenters. The van der Waals surface area contributed by atoms with Crippen LogP contribution in [0, 0.1) is 10.1 Å². The molecular formula is C11H10N4O5S. The van der Waals surface area contributed by atoms with Gasteiger partial charge in [0, 0.05) is 24.5 Å². The molecule has 2 rings (SSSR count). The van der Waals surface area contributed by atoms with Crippen LogP contribution in [0.25, 0.3) is 0 Å². The number of ether oxygens (including phenoxy) is 1. The highest BCUT2D eigenvalue weighted by molar-refractivity contribution is 7.89. The summed E-state index contributed by atoms with van der Waals surface area (Å²) in [7, 11) is -4.16. The molecule has 0 aliphatic rings. The van der Waals surface area contributed by atoms with Crippen molar-refractivity contribution >= 4 is 15.7 Å². The third-order valence-electron chi connectivity index (χ3n) is 2.42. The molecule has 110 valence electrons. The first-order valence-electron chi connectivity index (χ1n) is 5.58. The summed E-state index contributed by atoms with van der Waals surface area (Å²) in [5.41, 5.74) is -0.401. The van der Waals surface area contributed by atoms with Crippen molar-refractivity contribution in [3.05, 3.63) is 52.6 Å². The summed E-state index contributed by atoms with van der Waals surface area (Å²) in [6.45, 7) is -0.0961. The molecule has 0 radical (unpaired) electrons. The van der Waals surface area contributed by atoms with Crippen molar-refractivity contribution in [1.29, 1.82) is 0 Å². The highest BCUT2D eigenvalue weighted by atomic mass is 32.2. The van der Waals surface area contributed by atoms with E-state index in [4.69, 9.17) is 9.88 Å². The molecule has 1 aromatic heterocycles. The summed E-state index contributed by atoms with van der Waals surface area (Å²) in [5, 5.41) is 15.7. The quantitative estimate of drug-likeness (QED) is 0.630. The van der Waals surface area contributed by atoms with Crippen molar-refractivity contribution in [1.82, 2.24) is 9.97 Å². The normalized spacial score (nSPS) is 11.1. The number of primary sulfonamides is 1. The van der Waals surface area contributed by atoms with Gasteiger partial charge in [-0.05, 0) is 12.1 Å². The summed E-state index contributed by atoms with van der Waals surface area (Å²) in [6, 6.07) is 4.75. The van der Waals surface area contributed by atoms with Crippen molar-refractivity contribution in [2.45, 2.75) is 11.5 Å². The standard InChI is InChI=1S/C11H10N4O5S/c12-21(18,19)10-6-8(15(16)17)2-3-9(10)20-7-11-13-4-1-5-14-11/h1-6H,7H2,(H2,12,18,19). The molecule has 1 heterocycles. The first-order valence-corrected chi connectivity index (χ1v) is 7.12. The third kappa shape index (κ3) is 3.70. The van der Waals surface area contributed by atoms with Gasteiger partial charge in [0.25, 0.3) is 5.69 Å². The fourth-order valence-corrected chi connectivity index (χ4v) is 2.19. The second-order valence-electron chi connectivity index (χ2n) is 3.89. The maximum absolute atomic E-state index is 11.5. The average molecular weight is 310 g/mol. The van der Waals surface area contributed by atoms with Gasteiger partial charge in [0.05, 0.1) is 4.92 Å². The third-order valence-corrected chi connectivity index (χ3v) is 3.35. The van der Waals surface area contributed by atoms with Crippen molar-refractivity contribution in [3.63, 3.8) is 0 Å². The van der Waals surface area contributed by atoms with Gasteiger partial charge in [0.1, 0.15) is 17.3 Å². The lowest BCUT2D eigenvalue weighted by molar-refractivity contribution is -0.385. The Hall–Kier alpha value is -2.59. The highest BCUT2D eigenvalue weighted by Crippen LogP contribution is 2.27. The van der Waals surface area contributed by atoms with E-state index >= 15 is 0 Å². The molecule has 1 aromatic carbocycles. The van der Waals surface area contributed by atoms with E-state index in [0.29, 0.717) is 5.82 Å². The number of non-ortho nitro benzene ring substituents is 1. The van der Waals surface area contributed by atoms with Gasteiger partial charge < -0.3 is 4.74 Å². The molecule has 0 aliphatic heterocycles. The van der Waals surface area contributed by atoms with E-state index in [1.54, 1.807) is 6.07 Å². The van der Waals surface area contributed by atoms with Crippen LogP contribution in [0.3, 0.4) is 0 Å². The minimum atomic E-state index is -4.16. The zero-order valence-electron chi connectivity index (χ0n) is 10.5. The lowest BCUT2D eigenvalue weighted by atomic mass is 10.3. The highest BCUT2D eigenvalue weighted by Gasteiger charge is 2.20. The van der Waals surface area contributed by atoms with Crippen LogP contribution in [0.1, 0.15) is 5.82 Å². The van der Waals surface area contributed by atoms with Gasteiger partial charge in [-0.1, -0.05) is 0 Å². The molecule has 0 spiro atoms. The fraction of sp³-hybridized carbons (Fsp3) is 0.0909. The number of benzene rings is 1. The van der Waals surface area contributed by atoms with Crippen LogP contribution in [0.5, 0.6) is 5.75 Å². The molecule has 0 aliphatic carbocycles. The van der Waals surface area contributed by atoms with Crippen molar-refractivity contribution < 1.29 is 18.1 Å². The van der Waals surface area contributed by atoms with E-state index < -0.39 is 25.5 Å². The summed E-state index contributed by atoms with van der Waals surface area (Å²) in [4.78, 5) is 17.3. The van der Waals surface area contributed by atoms with Crippen LogP contribution in [0.15, 0.2) is 41.6 Å². The largest absolute Gasteiger partial charge is 0.484 e. The van der Waals surface area contributed by atoms with Gasteiger partial charge in [-0.25, -0.2) is 23.5 Å². The van der Waals surface area contributed by atoms with E-state index in [2.05, 4.69) is 9.97 Å². The van der Waals surface area contributed by atoms with Gasteiger partial charge in [-0.3, -0.25) is 10.1 Å². The van der Waals surface area contributed by atoms with Crippen molar-refractivity contribution in [2.24, 2.45) is 5.14 Å². The number of nitrogens with two attached hydrogens (primary N) is 1. The number of hydrogen-bond donors (Lipinski definition) is 1. The average Bonchev–Trinajstić information content (AvgIpc) is 2.45. The van der Waals surface area contributed by atoms with Gasteiger partial charge >= 0.3 is 0 Å². The second kappa shape index (κ2) is 5.81. The van der Waals surface area contributed by atoms with Crippen molar-refractivity contribution in [3.8, 4) is 5.75 Å². The second-order valence-corrected chi connectivity index (χ2v) is 5.42. The van der Waals surface area contributed by atoms with E-state index in [0.717, 1.165) is 12.1 Å². The Bertz CT molecular complexity index is 763. The van der Waals surface area contributed by atoms with E-state index in [1.807, 2.05) is 0 Å². The number of nitro benzene ring substituents is 1. The van der Waals surface area contributed by atoms with Crippen LogP contribution in [0.2, 0.25) is 0 Å². The number of sulfonamides is 1. The van der Waals surface area contributed by atoms with Gasteiger partial charge in [0.2, 0.25) is 10.0 Å². The lowest BCUT2D eigenvalue weighted by Crippen LogP contribution is -2.14. The minimum absolute atomic E-state index is 0.0961. The Labute approximate surface area is 119 Å². The van der Waals surface area contributed by atoms with E-state index in [9.17, 15) is 18.5 Å². The zero-order chi connectivity index (χ0) is 15.5. The van der Waals surface area contributed by atoms with Gasteiger partial charge in [-0.15, -0.1) is 0 Å². The number of nitrogens with zero attached hydrogens (tertiary/aromatic N) is 3. The summed E-state index contributed by atoms with van der Waals surface area (Å²) in [5.74, 6) is 0.228. The first-order chi connectivity index (χ1) is 9.88. The monoisotopic (exact) mass is 310 g/mol. The molecule has 0 fully saturated rings. The summed E-state index contributed by atoms with van der Waals surface area (Å²) < 4.78 is 28.2. The lowest BCUT2D eigenvalue weighted by Gasteiger charge is -2.09.